The van der Waals surface area contributed by atoms with E-state index in [1.807, 2.05) is 41.5 Å². The summed E-state index contributed by atoms with van der Waals surface area (Å²) in [6.07, 6.45) is 3.87. The molecule has 9 nitrogen and oxygen atoms in total. The second-order valence-electron chi connectivity index (χ2n) is 11.3. The molecule has 0 unspecified atom stereocenters. The lowest BCUT2D eigenvalue weighted by Crippen LogP contribution is -2.42. The van der Waals surface area contributed by atoms with Crippen LogP contribution in [-0.2, 0) is 18.9 Å². The fraction of sp³-hybridized carbons (Fsp3) is 0.880. The molecule has 0 aromatic rings. The summed E-state index contributed by atoms with van der Waals surface area (Å²) in [7, 11) is 0. The predicted octanol–water partition coefficient (Wildman–Crippen LogP) is 5.21. The Kier molecular flexibility index (Phi) is 10.3. The maximum Gasteiger partial charge on any atom is 0.508 e. The van der Waals surface area contributed by atoms with E-state index in [1.54, 1.807) is 9.80 Å². The van der Waals surface area contributed by atoms with Crippen LogP contribution in [0.2, 0.25) is 0 Å². The van der Waals surface area contributed by atoms with Gasteiger partial charge in [-0.2, -0.15) is 0 Å². The van der Waals surface area contributed by atoms with E-state index in [0.717, 1.165) is 38.5 Å². The van der Waals surface area contributed by atoms with Gasteiger partial charge < -0.3 is 28.7 Å². The first kappa shape index (κ1) is 28.1. The first-order chi connectivity index (χ1) is 15.8. The summed E-state index contributed by atoms with van der Waals surface area (Å²) >= 11 is 0. The Hall–Kier alpha value is -2.19. The molecule has 0 atom stereocenters. The highest BCUT2D eigenvalue weighted by atomic mass is 16.7. The number of amides is 2. The number of carbonyl (C=O) groups is 3. The Balaban J connectivity index is 1.51. The maximum atomic E-state index is 12.1. The molecule has 0 saturated carbocycles. The second kappa shape index (κ2) is 12.5. The number of likely N-dealkylation sites (tertiary alicyclic amines) is 2. The molecular weight excluding hydrogens is 440 g/mol. The lowest BCUT2D eigenvalue weighted by atomic mass is 9.94. The molecule has 2 aliphatic rings. The van der Waals surface area contributed by atoms with Crippen molar-refractivity contribution < 1.29 is 33.3 Å². The Morgan fingerprint density at radius 3 is 1.26 bits per heavy atom. The summed E-state index contributed by atoms with van der Waals surface area (Å²) in [5, 5.41) is 0. The predicted molar refractivity (Wildman–Crippen MR) is 128 cm³/mol. The normalized spacial score (nSPS) is 18.4. The molecule has 34 heavy (non-hydrogen) atoms. The van der Waals surface area contributed by atoms with E-state index >= 15 is 0 Å². The van der Waals surface area contributed by atoms with Gasteiger partial charge in [0, 0.05) is 26.2 Å². The zero-order valence-electron chi connectivity index (χ0n) is 21.9. The van der Waals surface area contributed by atoms with Crippen molar-refractivity contribution in [1.29, 1.82) is 0 Å². The van der Waals surface area contributed by atoms with Crippen molar-refractivity contribution in [1.82, 2.24) is 9.80 Å². The van der Waals surface area contributed by atoms with E-state index in [0.29, 0.717) is 51.2 Å². The topological polar surface area (TPSA) is 94.6 Å². The quantitative estimate of drug-likeness (QED) is 0.377. The number of ether oxygens (including phenoxy) is 4. The van der Waals surface area contributed by atoms with Gasteiger partial charge in [-0.05, 0) is 91.9 Å². The summed E-state index contributed by atoms with van der Waals surface area (Å²) in [5.41, 5.74) is -0.973. The molecule has 2 amide bonds. The Morgan fingerprint density at radius 2 is 0.971 bits per heavy atom. The van der Waals surface area contributed by atoms with Crippen LogP contribution in [0.15, 0.2) is 0 Å². The van der Waals surface area contributed by atoms with Crippen molar-refractivity contribution in [3.63, 3.8) is 0 Å². The van der Waals surface area contributed by atoms with Gasteiger partial charge in [-0.1, -0.05) is 0 Å². The van der Waals surface area contributed by atoms with Crippen molar-refractivity contribution in [3.8, 4) is 0 Å². The fourth-order valence-electron chi connectivity index (χ4n) is 4.12. The van der Waals surface area contributed by atoms with Gasteiger partial charge in [0.15, 0.2) is 0 Å². The molecule has 0 aromatic carbocycles. The third kappa shape index (κ3) is 10.8. The summed E-state index contributed by atoms with van der Waals surface area (Å²) < 4.78 is 21.3. The highest BCUT2D eigenvalue weighted by molar-refractivity contribution is 5.68. The minimum atomic E-state index is -0.627. The molecule has 2 saturated heterocycles. The fourth-order valence-corrected chi connectivity index (χ4v) is 4.12. The SMILES string of the molecule is CC(C)(C)OC(=O)N1CCC(CCOC(=O)OCCC2CCN(C(=O)OC(C)(C)C)CC2)CC1. The molecular formula is C25H44N2O7. The highest BCUT2D eigenvalue weighted by Gasteiger charge is 2.28. The van der Waals surface area contributed by atoms with E-state index in [4.69, 9.17) is 18.9 Å². The largest absolute Gasteiger partial charge is 0.508 e. The van der Waals surface area contributed by atoms with E-state index in [9.17, 15) is 14.4 Å². The minimum absolute atomic E-state index is 0.263. The summed E-state index contributed by atoms with van der Waals surface area (Å²) in [6.45, 7) is 14.5. The first-order valence-electron chi connectivity index (χ1n) is 12.6. The molecule has 2 rings (SSSR count). The Labute approximate surface area is 204 Å². The number of rotatable bonds is 6. The lowest BCUT2D eigenvalue weighted by Gasteiger charge is -2.33. The van der Waals surface area contributed by atoms with E-state index in [2.05, 4.69) is 0 Å². The molecule has 9 heteroatoms. The molecule has 196 valence electrons. The van der Waals surface area contributed by atoms with Crippen LogP contribution in [0, 0.1) is 11.8 Å². The van der Waals surface area contributed by atoms with Crippen LogP contribution in [0.25, 0.3) is 0 Å². The molecule has 0 spiro atoms. The van der Waals surface area contributed by atoms with Crippen molar-refractivity contribution in [3.05, 3.63) is 0 Å². The minimum Gasteiger partial charge on any atom is -0.444 e. The van der Waals surface area contributed by atoms with E-state index < -0.39 is 17.4 Å². The monoisotopic (exact) mass is 484 g/mol. The van der Waals surface area contributed by atoms with Crippen molar-refractivity contribution in [2.75, 3.05) is 39.4 Å². The van der Waals surface area contributed by atoms with Crippen LogP contribution < -0.4 is 0 Å². The zero-order chi connectivity index (χ0) is 25.4. The maximum absolute atomic E-state index is 12.1. The standard InChI is InChI=1S/C25H44N2O7/c1-24(2,3)33-21(28)26-13-7-19(8-14-26)11-17-31-23(30)32-18-12-20-9-15-27(16-10-20)22(29)34-25(4,5)6/h19-20H,7-18H2,1-6H3. The summed E-state index contributed by atoms with van der Waals surface area (Å²) in [6, 6.07) is 0. The molecule has 0 radical (unpaired) electrons. The smallest absolute Gasteiger partial charge is 0.444 e. The number of hydrogen-bond acceptors (Lipinski definition) is 7. The van der Waals surface area contributed by atoms with Crippen molar-refractivity contribution in [2.24, 2.45) is 11.8 Å². The van der Waals surface area contributed by atoms with E-state index in [1.165, 1.54) is 0 Å². The molecule has 0 aliphatic carbocycles. The van der Waals surface area contributed by atoms with Gasteiger partial charge in [0.25, 0.3) is 0 Å². The van der Waals surface area contributed by atoms with Crippen LogP contribution in [0.4, 0.5) is 14.4 Å². The molecule has 0 aromatic heterocycles. The van der Waals surface area contributed by atoms with Crippen LogP contribution in [0.5, 0.6) is 0 Å². The van der Waals surface area contributed by atoms with Gasteiger partial charge in [0.05, 0.1) is 13.2 Å². The molecule has 2 fully saturated rings. The highest BCUT2D eigenvalue weighted by Crippen LogP contribution is 2.24. The average Bonchev–Trinajstić information content (AvgIpc) is 2.72. The number of carbonyl (C=O) groups excluding carboxylic acids is 3. The zero-order valence-corrected chi connectivity index (χ0v) is 21.9. The van der Waals surface area contributed by atoms with Gasteiger partial charge in [0.2, 0.25) is 0 Å². The summed E-state index contributed by atoms with van der Waals surface area (Å²) in [4.78, 5) is 39.6. The van der Waals surface area contributed by atoms with Gasteiger partial charge in [-0.3, -0.25) is 0 Å². The van der Waals surface area contributed by atoms with Crippen LogP contribution in [-0.4, -0.2) is 78.7 Å². The van der Waals surface area contributed by atoms with Gasteiger partial charge >= 0.3 is 18.3 Å². The number of nitrogens with zero attached hydrogens (tertiary/aromatic N) is 2. The van der Waals surface area contributed by atoms with Gasteiger partial charge in [0.1, 0.15) is 11.2 Å². The lowest BCUT2D eigenvalue weighted by molar-refractivity contribution is 0.0159. The number of hydrogen-bond donors (Lipinski definition) is 0. The van der Waals surface area contributed by atoms with E-state index in [-0.39, 0.29) is 12.2 Å². The second-order valence-corrected chi connectivity index (χ2v) is 11.3. The molecule has 2 aliphatic heterocycles. The van der Waals surface area contributed by atoms with Crippen molar-refractivity contribution in [2.45, 2.75) is 91.3 Å². The summed E-state index contributed by atoms with van der Waals surface area (Å²) in [5.74, 6) is 0.836. The Morgan fingerprint density at radius 1 is 0.647 bits per heavy atom. The molecule has 2 heterocycles. The number of piperidine rings is 2. The van der Waals surface area contributed by atoms with Gasteiger partial charge in [-0.25, -0.2) is 14.4 Å². The Bertz CT molecular complexity index is 612. The van der Waals surface area contributed by atoms with Gasteiger partial charge in [-0.15, -0.1) is 0 Å². The van der Waals surface area contributed by atoms with Crippen LogP contribution in [0.1, 0.15) is 80.1 Å². The van der Waals surface area contributed by atoms with Crippen LogP contribution in [0.3, 0.4) is 0 Å². The molecule has 0 bridgehead atoms. The average molecular weight is 485 g/mol. The third-order valence-electron chi connectivity index (χ3n) is 6.02. The van der Waals surface area contributed by atoms with Crippen molar-refractivity contribution >= 4 is 18.3 Å². The van der Waals surface area contributed by atoms with Crippen LogP contribution >= 0.6 is 0 Å². The third-order valence-corrected chi connectivity index (χ3v) is 6.02. The first-order valence-corrected chi connectivity index (χ1v) is 12.6. The molecule has 0 N–H and O–H groups in total.